The number of thiophene rings is 1. The van der Waals surface area contributed by atoms with Gasteiger partial charge in [-0.15, -0.1) is 11.3 Å². The summed E-state index contributed by atoms with van der Waals surface area (Å²) < 4.78 is 11.2. The molecule has 6 heteroatoms. The van der Waals surface area contributed by atoms with Crippen LogP contribution in [-0.4, -0.2) is 19.5 Å². The number of furan rings is 1. The van der Waals surface area contributed by atoms with Crippen molar-refractivity contribution in [1.82, 2.24) is 19.5 Å². The van der Waals surface area contributed by atoms with Crippen molar-refractivity contribution in [3.8, 4) is 39.9 Å². The first-order valence-corrected chi connectivity index (χ1v) is 20.6. The van der Waals surface area contributed by atoms with E-state index < -0.39 is 0 Å². The number of nitrogens with zero attached hydrogens (tertiary/aromatic N) is 4. The molecule has 0 bridgehead atoms. The monoisotopic (exact) mass is 770 g/mol. The lowest BCUT2D eigenvalue weighted by atomic mass is 9.99. The summed E-state index contributed by atoms with van der Waals surface area (Å²) in [5.41, 5.74) is 7.76. The van der Waals surface area contributed by atoms with Crippen molar-refractivity contribution < 1.29 is 4.42 Å². The van der Waals surface area contributed by atoms with Crippen LogP contribution >= 0.6 is 11.3 Å². The summed E-state index contributed by atoms with van der Waals surface area (Å²) in [6, 6.07) is 64.5. The highest BCUT2D eigenvalue weighted by Gasteiger charge is 2.23. The van der Waals surface area contributed by atoms with Crippen molar-refractivity contribution in [2.75, 3.05) is 0 Å². The van der Waals surface area contributed by atoms with Gasteiger partial charge >= 0.3 is 0 Å². The van der Waals surface area contributed by atoms with E-state index in [1.807, 2.05) is 29.5 Å². The van der Waals surface area contributed by atoms with E-state index in [-0.39, 0.29) is 0 Å². The molecule has 0 N–H and O–H groups in total. The summed E-state index contributed by atoms with van der Waals surface area (Å²) in [7, 11) is 0. The van der Waals surface area contributed by atoms with E-state index in [2.05, 4.69) is 168 Å². The van der Waals surface area contributed by atoms with Gasteiger partial charge in [0.25, 0.3) is 0 Å². The Morgan fingerprint density at radius 3 is 1.90 bits per heavy atom. The van der Waals surface area contributed by atoms with Crippen molar-refractivity contribution in [2.45, 2.75) is 0 Å². The number of hydrogen-bond acceptors (Lipinski definition) is 5. The molecule has 13 aromatic rings. The Labute approximate surface area is 341 Å². The number of aromatic nitrogens is 4. The Kier molecular flexibility index (Phi) is 6.82. The predicted octanol–water partition coefficient (Wildman–Crippen LogP) is 14.5. The maximum absolute atomic E-state index is 6.38. The second-order valence-electron chi connectivity index (χ2n) is 15.2. The molecule has 0 aliphatic heterocycles. The van der Waals surface area contributed by atoms with Gasteiger partial charge in [0.1, 0.15) is 11.2 Å². The van der Waals surface area contributed by atoms with E-state index in [1.165, 1.54) is 20.2 Å². The lowest BCUT2D eigenvalue weighted by Crippen LogP contribution is -2.07. The summed E-state index contributed by atoms with van der Waals surface area (Å²) in [6.45, 7) is 0. The molecular formula is C53H30N4OS. The van der Waals surface area contributed by atoms with Crippen LogP contribution in [0.2, 0.25) is 0 Å². The van der Waals surface area contributed by atoms with E-state index in [9.17, 15) is 0 Å². The van der Waals surface area contributed by atoms with Crippen molar-refractivity contribution in [3.63, 3.8) is 0 Å². The van der Waals surface area contributed by atoms with Crippen LogP contribution in [-0.2, 0) is 0 Å². The van der Waals surface area contributed by atoms with Gasteiger partial charge in [0.15, 0.2) is 11.6 Å². The molecule has 0 atom stereocenters. The van der Waals surface area contributed by atoms with Crippen molar-refractivity contribution >= 4 is 96.8 Å². The number of fused-ring (bicyclic) bond motifs is 12. The minimum Gasteiger partial charge on any atom is -0.456 e. The maximum atomic E-state index is 6.38. The van der Waals surface area contributed by atoms with Gasteiger partial charge in [0, 0.05) is 63.8 Å². The largest absolute Gasteiger partial charge is 0.456 e. The highest BCUT2D eigenvalue weighted by molar-refractivity contribution is 7.25. The first-order valence-electron chi connectivity index (χ1n) is 19.8. The normalized spacial score (nSPS) is 12.1. The van der Waals surface area contributed by atoms with Gasteiger partial charge in [-0.25, -0.2) is 4.98 Å². The standard InChI is InChI=1S/C53H30N4OS/c1-2-12-33-28-35(21-20-31(33)10-1)51-54-52(36-23-25-40-39-14-5-7-18-45(39)58-46(40)30-36)56-53(55-51)57-49-37-13-4-3-11-32(37)22-26-43(49)42-17-9-16-38(50(42)57)34-24-27-48-44(29-34)41-15-6-8-19-47(41)59-48/h1-30H. The molecular weight excluding hydrogens is 741 g/mol. The van der Waals surface area contributed by atoms with Gasteiger partial charge in [-0.05, 0) is 64.2 Å². The van der Waals surface area contributed by atoms with E-state index in [1.54, 1.807) is 0 Å². The molecule has 13 rings (SSSR count). The van der Waals surface area contributed by atoms with Crippen LogP contribution in [0.5, 0.6) is 0 Å². The molecule has 0 fully saturated rings. The molecule has 4 aromatic heterocycles. The summed E-state index contributed by atoms with van der Waals surface area (Å²) in [4.78, 5) is 16.1. The number of benzene rings is 9. The number of para-hydroxylation sites is 2. The van der Waals surface area contributed by atoms with Gasteiger partial charge in [0.05, 0.1) is 11.0 Å². The highest BCUT2D eigenvalue weighted by Crippen LogP contribution is 2.43. The summed E-state index contributed by atoms with van der Waals surface area (Å²) in [6.07, 6.45) is 0. The van der Waals surface area contributed by atoms with Crippen LogP contribution in [0.15, 0.2) is 186 Å². The highest BCUT2D eigenvalue weighted by atomic mass is 32.1. The van der Waals surface area contributed by atoms with Crippen molar-refractivity contribution in [1.29, 1.82) is 0 Å². The Balaban J connectivity index is 1.14. The fraction of sp³-hybridized carbons (Fsp3) is 0. The molecule has 0 unspecified atom stereocenters. The van der Waals surface area contributed by atoms with Crippen LogP contribution in [0, 0.1) is 0 Å². The topological polar surface area (TPSA) is 56.7 Å². The van der Waals surface area contributed by atoms with E-state index >= 15 is 0 Å². The summed E-state index contributed by atoms with van der Waals surface area (Å²) >= 11 is 1.84. The van der Waals surface area contributed by atoms with Gasteiger partial charge in [-0.1, -0.05) is 140 Å². The zero-order valence-corrected chi connectivity index (χ0v) is 32.2. The molecule has 59 heavy (non-hydrogen) atoms. The van der Waals surface area contributed by atoms with Gasteiger partial charge in [-0.2, -0.15) is 9.97 Å². The fourth-order valence-corrected chi connectivity index (χ4v) is 10.2. The van der Waals surface area contributed by atoms with Crippen molar-refractivity contribution in [2.24, 2.45) is 0 Å². The minimum absolute atomic E-state index is 0.550. The predicted molar refractivity (Wildman–Crippen MR) is 246 cm³/mol. The molecule has 9 aromatic carbocycles. The Morgan fingerprint density at radius 2 is 1.00 bits per heavy atom. The molecule has 274 valence electrons. The molecule has 0 aliphatic rings. The molecule has 0 aliphatic carbocycles. The first-order chi connectivity index (χ1) is 29.2. The van der Waals surface area contributed by atoms with E-state index in [0.717, 1.165) is 87.5 Å². The molecule has 5 nitrogen and oxygen atoms in total. The Bertz CT molecular complexity index is 3870. The second kappa shape index (κ2) is 12.4. The van der Waals surface area contributed by atoms with Crippen LogP contribution in [0.1, 0.15) is 0 Å². The molecule has 0 saturated carbocycles. The molecule has 4 heterocycles. The minimum atomic E-state index is 0.550. The maximum Gasteiger partial charge on any atom is 0.238 e. The third-order valence-corrected chi connectivity index (χ3v) is 13.0. The number of rotatable bonds is 4. The zero-order chi connectivity index (χ0) is 38.6. The van der Waals surface area contributed by atoms with Gasteiger partial charge < -0.3 is 4.42 Å². The summed E-state index contributed by atoms with van der Waals surface area (Å²) in [5, 5.41) is 11.5. The van der Waals surface area contributed by atoms with E-state index in [4.69, 9.17) is 19.4 Å². The number of hydrogen-bond donors (Lipinski definition) is 0. The quantitative estimate of drug-likeness (QED) is 0.179. The Hall–Kier alpha value is -7.67. The van der Waals surface area contributed by atoms with Crippen LogP contribution in [0.25, 0.3) is 125 Å². The fourth-order valence-electron chi connectivity index (χ4n) is 9.07. The summed E-state index contributed by atoms with van der Waals surface area (Å²) in [5.74, 6) is 1.72. The van der Waals surface area contributed by atoms with Crippen LogP contribution in [0.4, 0.5) is 0 Å². The van der Waals surface area contributed by atoms with Crippen LogP contribution in [0.3, 0.4) is 0 Å². The third-order valence-electron chi connectivity index (χ3n) is 11.8. The van der Waals surface area contributed by atoms with Crippen molar-refractivity contribution in [3.05, 3.63) is 182 Å². The molecule has 0 radical (unpaired) electrons. The average Bonchev–Trinajstić information content (AvgIpc) is 3.98. The third kappa shape index (κ3) is 4.94. The second-order valence-corrected chi connectivity index (χ2v) is 16.3. The SMILES string of the molecule is c1ccc2cc(-c3nc(-c4ccc5c(c4)oc4ccccc45)nc(-n4c5c(-c6ccc7sc8ccccc8c7c6)cccc5c5ccc6ccccc6c54)n3)ccc2c1. The molecule has 0 spiro atoms. The van der Waals surface area contributed by atoms with Crippen LogP contribution < -0.4 is 0 Å². The first kappa shape index (κ1) is 32.4. The molecule has 0 saturated heterocycles. The smallest absolute Gasteiger partial charge is 0.238 e. The lowest BCUT2D eigenvalue weighted by molar-refractivity contribution is 0.669. The molecule has 0 amide bonds. The van der Waals surface area contributed by atoms with Gasteiger partial charge in [-0.3, -0.25) is 4.57 Å². The lowest BCUT2D eigenvalue weighted by Gasteiger charge is -2.14. The van der Waals surface area contributed by atoms with E-state index in [0.29, 0.717) is 17.6 Å². The zero-order valence-electron chi connectivity index (χ0n) is 31.4. The Morgan fingerprint density at radius 1 is 0.373 bits per heavy atom. The average molecular weight is 771 g/mol. The van der Waals surface area contributed by atoms with Gasteiger partial charge in [0.2, 0.25) is 5.95 Å².